The van der Waals surface area contributed by atoms with Gasteiger partial charge in [-0.2, -0.15) is 5.10 Å². The van der Waals surface area contributed by atoms with Crippen molar-refractivity contribution in [2.24, 2.45) is 5.92 Å². The average Bonchev–Trinajstić information content (AvgIpc) is 3.09. The van der Waals surface area contributed by atoms with Gasteiger partial charge < -0.3 is 24.1 Å². The third kappa shape index (κ3) is 4.13. The highest BCUT2D eigenvalue weighted by Crippen LogP contribution is 2.43. The van der Waals surface area contributed by atoms with Crippen molar-refractivity contribution in [3.05, 3.63) is 24.2 Å². The van der Waals surface area contributed by atoms with Crippen LogP contribution in [0.1, 0.15) is 46.4 Å². The SMILES string of the molecule is C[C@@H]1[C@H](OC2(C)CO2)[C@@H](CO)O[C@H]1c1ccc2c(NC(=O)OC(C)(C)C)ncnn12. The number of aliphatic hydroxyl groups excluding tert-OH is 1. The van der Waals surface area contributed by atoms with Crippen LogP contribution in [0.4, 0.5) is 10.6 Å². The van der Waals surface area contributed by atoms with Crippen molar-refractivity contribution < 1.29 is 28.8 Å². The molecule has 30 heavy (non-hydrogen) atoms. The third-order valence-corrected chi connectivity index (χ3v) is 5.19. The number of aromatic nitrogens is 3. The maximum atomic E-state index is 12.2. The van der Waals surface area contributed by atoms with Crippen LogP contribution in [0.3, 0.4) is 0 Å². The van der Waals surface area contributed by atoms with E-state index in [2.05, 4.69) is 15.4 Å². The number of hydrogen-bond donors (Lipinski definition) is 2. The van der Waals surface area contributed by atoms with E-state index in [1.165, 1.54) is 6.33 Å². The molecule has 2 N–H and O–H groups in total. The Morgan fingerprint density at radius 1 is 1.43 bits per heavy atom. The van der Waals surface area contributed by atoms with E-state index in [0.29, 0.717) is 17.9 Å². The zero-order valence-electron chi connectivity index (χ0n) is 17.8. The lowest BCUT2D eigenvalue weighted by Gasteiger charge is -2.22. The minimum absolute atomic E-state index is 0.0569. The number of hydrogen-bond acceptors (Lipinski definition) is 8. The van der Waals surface area contributed by atoms with E-state index in [4.69, 9.17) is 18.9 Å². The summed E-state index contributed by atoms with van der Waals surface area (Å²) in [6, 6.07) is 3.68. The summed E-state index contributed by atoms with van der Waals surface area (Å²) in [5.74, 6) is -0.335. The minimum atomic E-state index is -0.621. The molecule has 1 amide bonds. The number of fused-ring (bicyclic) bond motifs is 1. The van der Waals surface area contributed by atoms with Gasteiger partial charge >= 0.3 is 6.09 Å². The largest absolute Gasteiger partial charge is 0.444 e. The molecule has 2 aliphatic rings. The van der Waals surface area contributed by atoms with E-state index in [1.54, 1.807) is 25.3 Å². The molecule has 0 radical (unpaired) electrons. The number of carbonyl (C=O) groups is 1. The fraction of sp³-hybridized carbons (Fsp3) is 0.650. The summed E-state index contributed by atoms with van der Waals surface area (Å²) in [7, 11) is 0. The first-order valence-electron chi connectivity index (χ1n) is 10.0. The summed E-state index contributed by atoms with van der Waals surface area (Å²) in [6.45, 7) is 9.62. The molecule has 2 aromatic heterocycles. The monoisotopic (exact) mass is 420 g/mol. The third-order valence-electron chi connectivity index (χ3n) is 5.19. The lowest BCUT2D eigenvalue weighted by Crippen LogP contribution is -2.35. The van der Waals surface area contributed by atoms with Gasteiger partial charge in [-0.3, -0.25) is 5.32 Å². The molecule has 0 aromatic carbocycles. The maximum absolute atomic E-state index is 12.2. The van der Waals surface area contributed by atoms with E-state index in [0.717, 1.165) is 5.69 Å². The van der Waals surface area contributed by atoms with Crippen LogP contribution in [0.15, 0.2) is 18.5 Å². The summed E-state index contributed by atoms with van der Waals surface area (Å²) >= 11 is 0. The summed E-state index contributed by atoms with van der Waals surface area (Å²) in [5.41, 5.74) is 0.763. The van der Waals surface area contributed by atoms with E-state index in [1.807, 2.05) is 26.0 Å². The van der Waals surface area contributed by atoms with Gasteiger partial charge in [-0.15, -0.1) is 0 Å². The summed E-state index contributed by atoms with van der Waals surface area (Å²) in [6.07, 6.45) is -0.388. The van der Waals surface area contributed by atoms with E-state index in [-0.39, 0.29) is 24.7 Å². The van der Waals surface area contributed by atoms with Gasteiger partial charge in [0.25, 0.3) is 0 Å². The predicted octanol–water partition coefficient (Wildman–Crippen LogP) is 2.28. The van der Waals surface area contributed by atoms with Gasteiger partial charge in [-0.05, 0) is 39.8 Å². The number of anilines is 1. The van der Waals surface area contributed by atoms with Crippen molar-refractivity contribution in [1.29, 1.82) is 0 Å². The van der Waals surface area contributed by atoms with Crippen LogP contribution in [0.5, 0.6) is 0 Å². The lowest BCUT2D eigenvalue weighted by molar-refractivity contribution is -0.119. The molecule has 2 fully saturated rings. The molecule has 2 aliphatic heterocycles. The molecule has 0 bridgehead atoms. The number of carbonyl (C=O) groups excluding carboxylic acids is 1. The number of nitrogens with zero attached hydrogens (tertiary/aromatic N) is 3. The van der Waals surface area contributed by atoms with Crippen LogP contribution in [-0.2, 0) is 18.9 Å². The van der Waals surface area contributed by atoms with Gasteiger partial charge in [-0.1, -0.05) is 6.92 Å². The Balaban J connectivity index is 1.58. The summed E-state index contributed by atoms with van der Waals surface area (Å²) in [4.78, 5) is 16.3. The number of nitrogens with one attached hydrogen (secondary N) is 1. The number of aliphatic hydroxyl groups is 1. The highest BCUT2D eigenvalue weighted by molar-refractivity contribution is 5.88. The topological polar surface area (TPSA) is 120 Å². The zero-order chi connectivity index (χ0) is 21.7. The normalized spacial score (nSPS) is 31.1. The first-order valence-corrected chi connectivity index (χ1v) is 10.0. The molecule has 0 saturated carbocycles. The van der Waals surface area contributed by atoms with Gasteiger partial charge in [0, 0.05) is 5.92 Å². The Morgan fingerprint density at radius 2 is 2.17 bits per heavy atom. The van der Waals surface area contributed by atoms with Crippen LogP contribution in [-0.4, -0.2) is 62.6 Å². The summed E-state index contributed by atoms with van der Waals surface area (Å²) < 4.78 is 24.5. The Bertz CT molecular complexity index is 935. The van der Waals surface area contributed by atoms with Crippen molar-refractivity contribution in [3.8, 4) is 0 Å². The molecule has 10 heteroatoms. The summed E-state index contributed by atoms with van der Waals surface area (Å²) in [5, 5.41) is 16.8. The van der Waals surface area contributed by atoms with E-state index < -0.39 is 23.6 Å². The fourth-order valence-electron chi connectivity index (χ4n) is 3.69. The molecule has 164 valence electrons. The molecule has 2 saturated heterocycles. The second kappa shape index (κ2) is 7.45. The van der Waals surface area contributed by atoms with Gasteiger partial charge in [0.15, 0.2) is 11.6 Å². The smallest absolute Gasteiger partial charge is 0.413 e. The zero-order valence-corrected chi connectivity index (χ0v) is 17.8. The first-order chi connectivity index (χ1) is 14.1. The molecule has 4 heterocycles. The van der Waals surface area contributed by atoms with Gasteiger partial charge in [0.05, 0.1) is 18.4 Å². The Morgan fingerprint density at radius 3 is 2.80 bits per heavy atom. The standard InChI is InChI=1S/C20H28N4O6/c1-11-15(28-14(8-25)16(11)29-20(5)9-27-20)12-6-7-13-17(21-10-22-24(12)13)23-18(26)30-19(2,3)4/h6-7,10-11,14-16,25H,8-9H2,1-5H3,(H,21,22,23,26)/t11-,14+,15+,16-,20?/m0/s1. The van der Waals surface area contributed by atoms with Crippen molar-refractivity contribution in [3.63, 3.8) is 0 Å². The van der Waals surface area contributed by atoms with E-state index in [9.17, 15) is 9.90 Å². The van der Waals surface area contributed by atoms with Crippen molar-refractivity contribution >= 4 is 17.4 Å². The highest BCUT2D eigenvalue weighted by Gasteiger charge is 2.51. The molecule has 0 spiro atoms. The van der Waals surface area contributed by atoms with Crippen LogP contribution in [0, 0.1) is 5.92 Å². The molecular formula is C20H28N4O6. The first kappa shape index (κ1) is 21.0. The second-order valence-corrected chi connectivity index (χ2v) is 8.93. The van der Waals surface area contributed by atoms with Gasteiger partial charge in [-0.25, -0.2) is 14.3 Å². The average molecular weight is 420 g/mol. The quantitative estimate of drug-likeness (QED) is 0.707. The van der Waals surface area contributed by atoms with Gasteiger partial charge in [0.1, 0.15) is 36.3 Å². The number of ether oxygens (including phenoxy) is 4. The Kier molecular flexibility index (Phi) is 5.21. The molecular weight excluding hydrogens is 392 g/mol. The van der Waals surface area contributed by atoms with Crippen molar-refractivity contribution in [2.75, 3.05) is 18.5 Å². The predicted molar refractivity (Wildman–Crippen MR) is 106 cm³/mol. The molecule has 2 aromatic rings. The van der Waals surface area contributed by atoms with Crippen LogP contribution in [0.2, 0.25) is 0 Å². The van der Waals surface area contributed by atoms with Gasteiger partial charge in [0.2, 0.25) is 0 Å². The Labute approximate surface area is 174 Å². The van der Waals surface area contributed by atoms with Crippen molar-refractivity contribution in [2.45, 2.75) is 64.3 Å². The van der Waals surface area contributed by atoms with Crippen LogP contribution < -0.4 is 5.32 Å². The molecule has 5 atom stereocenters. The van der Waals surface area contributed by atoms with Crippen molar-refractivity contribution in [1.82, 2.24) is 14.6 Å². The number of epoxide rings is 1. The molecule has 1 unspecified atom stereocenters. The van der Waals surface area contributed by atoms with Crippen LogP contribution in [0.25, 0.3) is 5.52 Å². The van der Waals surface area contributed by atoms with E-state index >= 15 is 0 Å². The number of amides is 1. The maximum Gasteiger partial charge on any atom is 0.413 e. The fourth-order valence-corrected chi connectivity index (χ4v) is 3.69. The highest BCUT2D eigenvalue weighted by atomic mass is 16.8. The second-order valence-electron chi connectivity index (χ2n) is 8.93. The molecule has 10 nitrogen and oxygen atoms in total. The Hall–Kier alpha value is -2.27. The molecule has 0 aliphatic carbocycles. The number of rotatable bonds is 5. The molecule has 4 rings (SSSR count). The minimum Gasteiger partial charge on any atom is -0.444 e. The van der Waals surface area contributed by atoms with Crippen LogP contribution >= 0.6 is 0 Å². The lowest BCUT2D eigenvalue weighted by atomic mass is 9.96.